The molecule has 0 aromatic heterocycles. The molecule has 0 radical (unpaired) electrons. The molecule has 3 nitrogen and oxygen atoms in total. The van der Waals surface area contributed by atoms with E-state index in [1.807, 2.05) is 25.1 Å². The first-order valence-corrected chi connectivity index (χ1v) is 8.01. The highest BCUT2D eigenvalue weighted by Gasteiger charge is 2.29. The molecule has 0 heterocycles. The SMILES string of the molecule is CCC(=O)OC(C)[C@H](Oc1ccccc1Cl)C(CC)CC. The quantitative estimate of drug-likeness (QED) is 0.643. The molecule has 0 aliphatic carbocycles. The van der Waals surface area contributed by atoms with Crippen LogP contribution in [-0.4, -0.2) is 18.2 Å². The molecule has 0 bridgehead atoms. The zero-order valence-electron chi connectivity index (χ0n) is 13.3. The zero-order valence-corrected chi connectivity index (χ0v) is 14.0. The van der Waals surface area contributed by atoms with Gasteiger partial charge in [-0.1, -0.05) is 44.5 Å². The van der Waals surface area contributed by atoms with Crippen molar-refractivity contribution in [3.63, 3.8) is 0 Å². The Bertz CT molecular complexity index is 443. The van der Waals surface area contributed by atoms with Gasteiger partial charge in [0.15, 0.2) is 0 Å². The monoisotopic (exact) mass is 312 g/mol. The van der Waals surface area contributed by atoms with Crippen molar-refractivity contribution in [2.75, 3.05) is 0 Å². The number of para-hydroxylation sites is 1. The summed E-state index contributed by atoms with van der Waals surface area (Å²) in [5, 5.41) is 0.572. The van der Waals surface area contributed by atoms with Crippen LogP contribution in [0.2, 0.25) is 5.02 Å². The molecule has 0 fully saturated rings. The summed E-state index contributed by atoms with van der Waals surface area (Å²) in [5.74, 6) is 0.734. The van der Waals surface area contributed by atoms with E-state index in [2.05, 4.69) is 13.8 Å². The van der Waals surface area contributed by atoms with Gasteiger partial charge < -0.3 is 9.47 Å². The number of hydrogen-bond donors (Lipinski definition) is 0. The molecule has 1 aromatic rings. The summed E-state index contributed by atoms with van der Waals surface area (Å²) in [5.41, 5.74) is 0. The van der Waals surface area contributed by atoms with E-state index in [4.69, 9.17) is 21.1 Å². The summed E-state index contributed by atoms with van der Waals surface area (Å²) in [7, 11) is 0. The first-order valence-electron chi connectivity index (χ1n) is 7.64. The lowest BCUT2D eigenvalue weighted by Gasteiger charge is -2.31. The molecule has 2 atom stereocenters. The van der Waals surface area contributed by atoms with Crippen molar-refractivity contribution in [3.8, 4) is 5.75 Å². The number of carbonyl (C=O) groups is 1. The number of ether oxygens (including phenoxy) is 2. The molecule has 1 aromatic carbocycles. The van der Waals surface area contributed by atoms with Gasteiger partial charge >= 0.3 is 5.97 Å². The lowest BCUT2D eigenvalue weighted by atomic mass is 9.93. The predicted octanol–water partition coefficient (Wildman–Crippen LogP) is 4.87. The van der Waals surface area contributed by atoms with Crippen LogP contribution in [0.25, 0.3) is 0 Å². The fraction of sp³-hybridized carbons (Fsp3) is 0.588. The van der Waals surface area contributed by atoms with E-state index in [1.165, 1.54) is 0 Å². The number of benzene rings is 1. The Balaban J connectivity index is 2.91. The lowest BCUT2D eigenvalue weighted by molar-refractivity contribution is -0.154. The van der Waals surface area contributed by atoms with Crippen LogP contribution in [0.3, 0.4) is 0 Å². The topological polar surface area (TPSA) is 35.5 Å². The van der Waals surface area contributed by atoms with Crippen molar-refractivity contribution in [2.45, 2.75) is 59.2 Å². The molecule has 0 aliphatic rings. The van der Waals surface area contributed by atoms with Crippen LogP contribution in [0.1, 0.15) is 47.0 Å². The second-order valence-corrected chi connectivity index (χ2v) is 5.55. The second kappa shape index (κ2) is 8.93. The van der Waals surface area contributed by atoms with Gasteiger partial charge in [-0.15, -0.1) is 0 Å². The first-order chi connectivity index (χ1) is 10.0. The van der Waals surface area contributed by atoms with Gasteiger partial charge in [-0.05, 0) is 37.8 Å². The summed E-state index contributed by atoms with van der Waals surface area (Å²) in [6.45, 7) is 7.90. The van der Waals surface area contributed by atoms with E-state index in [-0.39, 0.29) is 18.2 Å². The molecular formula is C17H25ClO3. The van der Waals surface area contributed by atoms with Crippen molar-refractivity contribution < 1.29 is 14.3 Å². The Morgan fingerprint density at radius 3 is 2.33 bits per heavy atom. The van der Waals surface area contributed by atoms with Crippen LogP contribution in [0.5, 0.6) is 5.75 Å². The van der Waals surface area contributed by atoms with Gasteiger partial charge in [0.1, 0.15) is 18.0 Å². The van der Waals surface area contributed by atoms with E-state index < -0.39 is 0 Å². The molecule has 0 saturated carbocycles. The Hall–Kier alpha value is -1.22. The van der Waals surface area contributed by atoms with E-state index in [9.17, 15) is 4.79 Å². The van der Waals surface area contributed by atoms with Crippen LogP contribution in [0, 0.1) is 5.92 Å². The molecule has 4 heteroatoms. The summed E-state index contributed by atoms with van der Waals surface area (Å²) < 4.78 is 11.5. The Kier molecular flexibility index (Phi) is 7.58. The van der Waals surface area contributed by atoms with Crippen molar-refractivity contribution in [3.05, 3.63) is 29.3 Å². The Labute approximate surface area is 132 Å². The van der Waals surface area contributed by atoms with E-state index in [0.29, 0.717) is 23.1 Å². The standard InChI is InChI=1S/C17H25ClO3/c1-5-13(6-2)17(12(4)20-16(19)7-3)21-15-11-9-8-10-14(15)18/h8-13,17H,5-7H2,1-4H3/t12?,17-/m0/s1. The molecular weight excluding hydrogens is 288 g/mol. The van der Waals surface area contributed by atoms with Gasteiger partial charge in [0.2, 0.25) is 0 Å². The largest absolute Gasteiger partial charge is 0.485 e. The highest BCUT2D eigenvalue weighted by atomic mass is 35.5. The molecule has 0 aliphatic heterocycles. The maximum atomic E-state index is 11.5. The van der Waals surface area contributed by atoms with Gasteiger partial charge in [0.05, 0.1) is 5.02 Å². The van der Waals surface area contributed by atoms with Gasteiger partial charge in [0, 0.05) is 6.42 Å². The number of rotatable bonds is 8. The van der Waals surface area contributed by atoms with Crippen molar-refractivity contribution in [1.29, 1.82) is 0 Å². The molecule has 1 rings (SSSR count). The highest BCUT2D eigenvalue weighted by Crippen LogP contribution is 2.29. The van der Waals surface area contributed by atoms with Crippen LogP contribution in [0.15, 0.2) is 24.3 Å². The van der Waals surface area contributed by atoms with E-state index in [1.54, 1.807) is 13.0 Å². The highest BCUT2D eigenvalue weighted by molar-refractivity contribution is 6.32. The summed E-state index contributed by atoms with van der Waals surface area (Å²) >= 11 is 6.16. The Morgan fingerprint density at radius 1 is 1.19 bits per heavy atom. The third-order valence-electron chi connectivity index (χ3n) is 3.68. The molecule has 118 valence electrons. The number of hydrogen-bond acceptors (Lipinski definition) is 3. The van der Waals surface area contributed by atoms with Gasteiger partial charge in [-0.2, -0.15) is 0 Å². The van der Waals surface area contributed by atoms with Gasteiger partial charge in [0.25, 0.3) is 0 Å². The fourth-order valence-electron chi connectivity index (χ4n) is 2.37. The molecule has 0 N–H and O–H groups in total. The molecule has 0 amide bonds. The third-order valence-corrected chi connectivity index (χ3v) is 3.99. The van der Waals surface area contributed by atoms with Crippen LogP contribution in [-0.2, 0) is 9.53 Å². The van der Waals surface area contributed by atoms with Crippen molar-refractivity contribution >= 4 is 17.6 Å². The molecule has 0 saturated heterocycles. The minimum atomic E-state index is -0.307. The number of esters is 1. The molecule has 0 spiro atoms. The number of carbonyl (C=O) groups excluding carboxylic acids is 1. The average molecular weight is 313 g/mol. The molecule has 1 unspecified atom stereocenters. The van der Waals surface area contributed by atoms with E-state index >= 15 is 0 Å². The van der Waals surface area contributed by atoms with Crippen molar-refractivity contribution in [1.82, 2.24) is 0 Å². The summed E-state index contributed by atoms with van der Waals surface area (Å²) in [4.78, 5) is 11.5. The first kappa shape index (κ1) is 17.8. The normalized spacial score (nSPS) is 13.8. The summed E-state index contributed by atoms with van der Waals surface area (Å²) in [6, 6.07) is 7.38. The zero-order chi connectivity index (χ0) is 15.8. The van der Waals surface area contributed by atoms with Crippen LogP contribution in [0.4, 0.5) is 0 Å². The minimum absolute atomic E-state index is 0.199. The average Bonchev–Trinajstić information content (AvgIpc) is 2.49. The predicted molar refractivity (Wildman–Crippen MR) is 85.8 cm³/mol. The third kappa shape index (κ3) is 5.24. The van der Waals surface area contributed by atoms with Crippen LogP contribution >= 0.6 is 11.6 Å². The minimum Gasteiger partial charge on any atom is -0.485 e. The Morgan fingerprint density at radius 2 is 1.81 bits per heavy atom. The smallest absolute Gasteiger partial charge is 0.305 e. The second-order valence-electron chi connectivity index (χ2n) is 5.14. The van der Waals surface area contributed by atoms with Gasteiger partial charge in [-0.25, -0.2) is 0 Å². The molecule has 21 heavy (non-hydrogen) atoms. The van der Waals surface area contributed by atoms with Crippen molar-refractivity contribution in [2.24, 2.45) is 5.92 Å². The fourth-order valence-corrected chi connectivity index (χ4v) is 2.55. The van der Waals surface area contributed by atoms with Gasteiger partial charge in [-0.3, -0.25) is 4.79 Å². The number of halogens is 1. The lowest BCUT2D eigenvalue weighted by Crippen LogP contribution is -2.39. The summed E-state index contributed by atoms with van der Waals surface area (Å²) in [6.07, 6.45) is 1.78. The maximum absolute atomic E-state index is 11.5. The maximum Gasteiger partial charge on any atom is 0.305 e. The van der Waals surface area contributed by atoms with E-state index in [0.717, 1.165) is 12.8 Å². The van der Waals surface area contributed by atoms with Crippen LogP contribution < -0.4 is 4.74 Å².